The van der Waals surface area contributed by atoms with E-state index < -0.39 is 0 Å². The number of carbonyl (C=O) groups excluding carboxylic acids is 1. The van der Waals surface area contributed by atoms with Crippen molar-refractivity contribution in [2.75, 3.05) is 26.2 Å². The Morgan fingerprint density at radius 3 is 2.28 bits per heavy atom. The molecule has 0 saturated heterocycles. The molecule has 0 aromatic rings. The molecule has 0 spiro atoms. The van der Waals surface area contributed by atoms with Gasteiger partial charge in [-0.3, -0.25) is 10.0 Å². The van der Waals surface area contributed by atoms with E-state index in [1.807, 2.05) is 13.8 Å². The topological polar surface area (TPSA) is 64.6 Å². The highest BCUT2D eigenvalue weighted by Gasteiger charge is 2.20. The van der Waals surface area contributed by atoms with Crippen molar-refractivity contribution in [2.45, 2.75) is 46.6 Å². The summed E-state index contributed by atoms with van der Waals surface area (Å²) in [5.41, 5.74) is 1.71. The van der Waals surface area contributed by atoms with E-state index in [9.17, 15) is 4.79 Å². The van der Waals surface area contributed by atoms with E-state index in [1.54, 1.807) is 5.48 Å². The number of hydrogen-bond acceptors (Lipinski definition) is 4. The smallest absolute Gasteiger partial charge is 0.260 e. The lowest BCUT2D eigenvalue weighted by atomic mass is 10.0. The van der Waals surface area contributed by atoms with Crippen LogP contribution < -0.4 is 10.8 Å². The molecule has 0 saturated carbocycles. The Balaban J connectivity index is 3.77. The zero-order valence-electron chi connectivity index (χ0n) is 12.2. The molecule has 5 nitrogen and oxygen atoms in total. The standard InChI is InChI=1S/C13H29N3O2/c1-5-16(6-2)10-8-7-9-14-12(11(3)4)13(17)15-18/h11-12,14,18H,5-10H2,1-4H3,(H,15,17). The summed E-state index contributed by atoms with van der Waals surface area (Å²) in [6.07, 6.45) is 2.17. The van der Waals surface area contributed by atoms with Gasteiger partial charge in [0.1, 0.15) is 0 Å². The van der Waals surface area contributed by atoms with Gasteiger partial charge >= 0.3 is 0 Å². The van der Waals surface area contributed by atoms with E-state index in [2.05, 4.69) is 24.1 Å². The van der Waals surface area contributed by atoms with Crippen LogP contribution in [0.1, 0.15) is 40.5 Å². The lowest BCUT2D eigenvalue weighted by molar-refractivity contribution is -0.132. The Morgan fingerprint density at radius 2 is 1.83 bits per heavy atom. The van der Waals surface area contributed by atoms with Gasteiger partial charge in [-0.15, -0.1) is 0 Å². The summed E-state index contributed by atoms with van der Waals surface area (Å²) in [4.78, 5) is 13.8. The molecule has 18 heavy (non-hydrogen) atoms. The molecule has 0 aromatic heterocycles. The molecular weight excluding hydrogens is 230 g/mol. The fourth-order valence-corrected chi connectivity index (χ4v) is 1.96. The van der Waals surface area contributed by atoms with Gasteiger partial charge in [-0.1, -0.05) is 27.7 Å². The highest BCUT2D eigenvalue weighted by molar-refractivity contribution is 5.80. The van der Waals surface area contributed by atoms with Crippen molar-refractivity contribution in [3.8, 4) is 0 Å². The SMILES string of the molecule is CCN(CC)CCCCNC(C(=O)NO)C(C)C. The van der Waals surface area contributed by atoms with Crippen molar-refractivity contribution in [1.82, 2.24) is 15.7 Å². The Bertz CT molecular complexity index is 218. The molecule has 0 bridgehead atoms. The molecule has 0 radical (unpaired) electrons. The highest BCUT2D eigenvalue weighted by Crippen LogP contribution is 2.02. The van der Waals surface area contributed by atoms with Crippen molar-refractivity contribution < 1.29 is 10.0 Å². The summed E-state index contributed by atoms with van der Waals surface area (Å²) in [5, 5.41) is 11.8. The molecule has 0 aliphatic carbocycles. The minimum atomic E-state index is -0.353. The van der Waals surface area contributed by atoms with E-state index in [0.717, 1.165) is 39.0 Å². The molecule has 0 fully saturated rings. The highest BCUT2D eigenvalue weighted by atomic mass is 16.5. The van der Waals surface area contributed by atoms with Gasteiger partial charge in [0.15, 0.2) is 0 Å². The number of rotatable bonds is 10. The molecule has 3 N–H and O–H groups in total. The van der Waals surface area contributed by atoms with Crippen LogP contribution in [0.5, 0.6) is 0 Å². The van der Waals surface area contributed by atoms with E-state index in [4.69, 9.17) is 5.21 Å². The van der Waals surface area contributed by atoms with Crippen molar-refractivity contribution in [3.63, 3.8) is 0 Å². The van der Waals surface area contributed by atoms with Crippen LogP contribution in [0, 0.1) is 5.92 Å². The van der Waals surface area contributed by atoms with Gasteiger partial charge in [-0.05, 0) is 44.9 Å². The number of carbonyl (C=O) groups is 1. The van der Waals surface area contributed by atoms with Crippen molar-refractivity contribution in [1.29, 1.82) is 0 Å². The third-order valence-electron chi connectivity index (χ3n) is 3.22. The van der Waals surface area contributed by atoms with Crippen molar-refractivity contribution in [3.05, 3.63) is 0 Å². The molecule has 0 aliphatic heterocycles. The van der Waals surface area contributed by atoms with E-state index in [1.165, 1.54) is 0 Å². The van der Waals surface area contributed by atoms with Gasteiger partial charge in [0.2, 0.25) is 0 Å². The van der Waals surface area contributed by atoms with Crippen LogP contribution >= 0.6 is 0 Å². The first kappa shape index (κ1) is 17.4. The second kappa shape index (κ2) is 10.3. The number of unbranched alkanes of at least 4 members (excludes halogenated alkanes) is 1. The average Bonchev–Trinajstić information content (AvgIpc) is 2.37. The minimum Gasteiger partial charge on any atom is -0.306 e. The zero-order valence-corrected chi connectivity index (χ0v) is 12.2. The Morgan fingerprint density at radius 1 is 1.22 bits per heavy atom. The summed E-state index contributed by atoms with van der Waals surface area (Å²) < 4.78 is 0. The fraction of sp³-hybridized carbons (Fsp3) is 0.923. The van der Waals surface area contributed by atoms with Crippen LogP contribution in [0.2, 0.25) is 0 Å². The van der Waals surface area contributed by atoms with Gasteiger partial charge in [0.25, 0.3) is 5.91 Å². The molecule has 1 amide bonds. The number of nitrogens with one attached hydrogen (secondary N) is 2. The summed E-state index contributed by atoms with van der Waals surface area (Å²) >= 11 is 0. The van der Waals surface area contributed by atoms with Crippen molar-refractivity contribution >= 4 is 5.91 Å². The molecule has 5 heteroatoms. The Kier molecular flexibility index (Phi) is 9.92. The summed E-state index contributed by atoms with van der Waals surface area (Å²) in [6, 6.07) is -0.316. The van der Waals surface area contributed by atoms with Gasteiger partial charge in [-0.2, -0.15) is 0 Å². The van der Waals surface area contributed by atoms with E-state index in [0.29, 0.717) is 0 Å². The molecule has 1 atom stereocenters. The first-order valence-corrected chi connectivity index (χ1v) is 6.96. The molecule has 108 valence electrons. The van der Waals surface area contributed by atoms with Crippen LogP contribution in [0.25, 0.3) is 0 Å². The van der Waals surface area contributed by atoms with Gasteiger partial charge in [0, 0.05) is 0 Å². The second-order valence-corrected chi connectivity index (χ2v) is 4.89. The largest absolute Gasteiger partial charge is 0.306 e. The third kappa shape index (κ3) is 6.93. The summed E-state index contributed by atoms with van der Waals surface area (Å²) in [7, 11) is 0. The number of amides is 1. The molecule has 0 heterocycles. The molecular formula is C13H29N3O2. The molecule has 0 aliphatic rings. The normalized spacial score (nSPS) is 13.1. The van der Waals surface area contributed by atoms with Gasteiger partial charge < -0.3 is 10.2 Å². The molecule has 1 unspecified atom stereocenters. The fourth-order valence-electron chi connectivity index (χ4n) is 1.96. The maximum Gasteiger partial charge on any atom is 0.260 e. The molecule has 0 aromatic carbocycles. The quantitative estimate of drug-likeness (QED) is 0.314. The van der Waals surface area contributed by atoms with E-state index in [-0.39, 0.29) is 17.9 Å². The average molecular weight is 259 g/mol. The lowest BCUT2D eigenvalue weighted by Crippen LogP contribution is -2.46. The maximum absolute atomic E-state index is 11.4. The van der Waals surface area contributed by atoms with Crippen LogP contribution in [-0.4, -0.2) is 48.2 Å². The minimum absolute atomic E-state index is 0.167. The first-order chi connectivity index (χ1) is 8.56. The monoisotopic (exact) mass is 259 g/mol. The van der Waals surface area contributed by atoms with Crippen LogP contribution in [0.3, 0.4) is 0 Å². The second-order valence-electron chi connectivity index (χ2n) is 4.89. The Labute approximate surface area is 111 Å². The van der Waals surface area contributed by atoms with Crippen LogP contribution in [0.4, 0.5) is 0 Å². The third-order valence-corrected chi connectivity index (χ3v) is 3.22. The lowest BCUT2D eigenvalue weighted by Gasteiger charge is -2.21. The number of nitrogens with zero attached hydrogens (tertiary/aromatic N) is 1. The van der Waals surface area contributed by atoms with Gasteiger partial charge in [-0.25, -0.2) is 5.48 Å². The first-order valence-electron chi connectivity index (χ1n) is 6.96. The van der Waals surface area contributed by atoms with E-state index >= 15 is 0 Å². The van der Waals surface area contributed by atoms with Crippen molar-refractivity contribution in [2.24, 2.45) is 5.92 Å². The summed E-state index contributed by atoms with van der Waals surface area (Å²) in [5.74, 6) is -0.186. The van der Waals surface area contributed by atoms with Gasteiger partial charge in [0.05, 0.1) is 6.04 Å². The predicted octanol–water partition coefficient (Wildman–Crippen LogP) is 1.23. The Hall–Kier alpha value is -0.650. The summed E-state index contributed by atoms with van der Waals surface area (Å²) in [6.45, 7) is 12.3. The predicted molar refractivity (Wildman–Crippen MR) is 73.6 cm³/mol. The zero-order chi connectivity index (χ0) is 14.0. The van der Waals surface area contributed by atoms with Crippen LogP contribution in [0.15, 0.2) is 0 Å². The maximum atomic E-state index is 11.4. The number of hydrogen-bond donors (Lipinski definition) is 3. The number of hydroxylamine groups is 1. The van der Waals surface area contributed by atoms with Crippen LogP contribution in [-0.2, 0) is 4.79 Å². The molecule has 0 rings (SSSR count).